The highest BCUT2D eigenvalue weighted by molar-refractivity contribution is 5.31. The molecular formula is C11H16FNO2. The first kappa shape index (κ1) is 11.9. The summed E-state index contributed by atoms with van der Waals surface area (Å²) in [6.45, 7) is 1.80. The second-order valence-electron chi connectivity index (χ2n) is 3.35. The number of rotatable bonds is 4. The molecule has 3 nitrogen and oxygen atoms in total. The molecule has 2 unspecified atom stereocenters. The maximum atomic E-state index is 13.6. The van der Waals surface area contributed by atoms with Crippen LogP contribution < -0.4 is 10.5 Å². The number of benzene rings is 1. The molecular weight excluding hydrogens is 197 g/mol. The number of nitrogens with two attached hydrogens (primary N) is 1. The molecule has 0 aliphatic carbocycles. The fourth-order valence-corrected chi connectivity index (χ4v) is 1.30. The molecule has 0 radical (unpaired) electrons. The maximum Gasteiger partial charge on any atom is 0.131 e. The summed E-state index contributed by atoms with van der Waals surface area (Å²) in [6.07, 6.45) is -0.229. The highest BCUT2D eigenvalue weighted by Crippen LogP contribution is 2.23. The third-order valence-corrected chi connectivity index (χ3v) is 2.44. The van der Waals surface area contributed by atoms with Gasteiger partial charge in [-0.25, -0.2) is 4.39 Å². The summed E-state index contributed by atoms with van der Waals surface area (Å²) in [7, 11) is 3.04. The fourth-order valence-electron chi connectivity index (χ4n) is 1.30. The van der Waals surface area contributed by atoms with Gasteiger partial charge in [0.1, 0.15) is 11.6 Å². The van der Waals surface area contributed by atoms with Crippen molar-refractivity contribution >= 4 is 0 Å². The van der Waals surface area contributed by atoms with Crippen LogP contribution in [-0.2, 0) is 4.74 Å². The van der Waals surface area contributed by atoms with Crippen LogP contribution >= 0.6 is 0 Å². The first-order valence-electron chi connectivity index (χ1n) is 4.72. The van der Waals surface area contributed by atoms with Crippen molar-refractivity contribution in [1.29, 1.82) is 0 Å². The zero-order valence-corrected chi connectivity index (χ0v) is 9.16. The highest BCUT2D eigenvalue weighted by atomic mass is 19.1. The van der Waals surface area contributed by atoms with E-state index in [4.69, 9.17) is 15.2 Å². The molecule has 2 N–H and O–H groups in total. The zero-order valence-electron chi connectivity index (χ0n) is 9.16. The predicted octanol–water partition coefficient (Wildman–Crippen LogP) is 1.87. The van der Waals surface area contributed by atoms with Gasteiger partial charge in [0.05, 0.1) is 19.3 Å². The second kappa shape index (κ2) is 5.09. The minimum absolute atomic E-state index is 0.229. The Balaban J connectivity index is 2.95. The van der Waals surface area contributed by atoms with Gasteiger partial charge < -0.3 is 15.2 Å². The number of methoxy groups -OCH3 is 2. The van der Waals surface area contributed by atoms with Gasteiger partial charge in [0.2, 0.25) is 0 Å². The van der Waals surface area contributed by atoms with E-state index in [1.54, 1.807) is 26.2 Å². The monoisotopic (exact) mass is 213 g/mol. The van der Waals surface area contributed by atoms with Gasteiger partial charge in [0.15, 0.2) is 0 Å². The Morgan fingerprint density at radius 2 is 2.00 bits per heavy atom. The molecule has 2 atom stereocenters. The predicted molar refractivity (Wildman–Crippen MR) is 56.4 cm³/mol. The minimum atomic E-state index is -0.471. The molecule has 0 heterocycles. The van der Waals surface area contributed by atoms with Gasteiger partial charge in [-0.15, -0.1) is 0 Å². The molecule has 0 aliphatic rings. The molecule has 0 fully saturated rings. The molecule has 0 aromatic heterocycles. The molecule has 1 rings (SSSR count). The molecule has 1 aromatic rings. The first-order valence-corrected chi connectivity index (χ1v) is 4.72. The molecule has 0 spiro atoms. The van der Waals surface area contributed by atoms with Crippen LogP contribution in [0.3, 0.4) is 0 Å². The van der Waals surface area contributed by atoms with E-state index in [1.807, 2.05) is 0 Å². The van der Waals surface area contributed by atoms with Crippen molar-refractivity contribution in [3.05, 3.63) is 29.6 Å². The van der Waals surface area contributed by atoms with Crippen LogP contribution in [0.15, 0.2) is 18.2 Å². The van der Waals surface area contributed by atoms with E-state index in [0.29, 0.717) is 11.3 Å². The van der Waals surface area contributed by atoms with Crippen LogP contribution in [0.25, 0.3) is 0 Å². The maximum absolute atomic E-state index is 13.6. The van der Waals surface area contributed by atoms with E-state index in [-0.39, 0.29) is 11.9 Å². The van der Waals surface area contributed by atoms with Gasteiger partial charge in [-0.2, -0.15) is 0 Å². The average Bonchev–Trinajstić information content (AvgIpc) is 2.26. The lowest BCUT2D eigenvalue weighted by molar-refractivity contribution is 0.0945. The van der Waals surface area contributed by atoms with Crippen LogP contribution in [-0.4, -0.2) is 20.3 Å². The van der Waals surface area contributed by atoms with Crippen LogP contribution in [0.4, 0.5) is 4.39 Å². The molecule has 84 valence electrons. The van der Waals surface area contributed by atoms with Gasteiger partial charge in [0, 0.05) is 18.7 Å². The van der Waals surface area contributed by atoms with Gasteiger partial charge in [0.25, 0.3) is 0 Å². The quantitative estimate of drug-likeness (QED) is 0.830. The van der Waals surface area contributed by atoms with Crippen LogP contribution in [0.2, 0.25) is 0 Å². The van der Waals surface area contributed by atoms with Gasteiger partial charge in [-0.05, 0) is 13.0 Å². The summed E-state index contributed by atoms with van der Waals surface area (Å²) in [5.41, 5.74) is 6.27. The standard InChI is InChI=1S/C11H16FNO2/c1-7(14-2)11(13)9-5-4-8(15-3)6-10(9)12/h4-7,11H,13H2,1-3H3. The number of ether oxygens (including phenoxy) is 2. The van der Waals surface area contributed by atoms with E-state index in [9.17, 15) is 4.39 Å². The van der Waals surface area contributed by atoms with Crippen molar-refractivity contribution in [2.75, 3.05) is 14.2 Å². The molecule has 0 bridgehead atoms. The normalized spacial score (nSPS) is 14.7. The zero-order chi connectivity index (χ0) is 11.4. The van der Waals surface area contributed by atoms with Crippen molar-refractivity contribution in [1.82, 2.24) is 0 Å². The van der Waals surface area contributed by atoms with Crippen molar-refractivity contribution in [3.63, 3.8) is 0 Å². The van der Waals surface area contributed by atoms with Crippen molar-refractivity contribution < 1.29 is 13.9 Å². The Morgan fingerprint density at radius 3 is 2.47 bits per heavy atom. The summed E-state index contributed by atoms with van der Waals surface area (Å²) < 4.78 is 23.5. The molecule has 15 heavy (non-hydrogen) atoms. The fraction of sp³-hybridized carbons (Fsp3) is 0.455. The third kappa shape index (κ3) is 2.67. The summed E-state index contributed by atoms with van der Waals surface area (Å²) in [6, 6.07) is 4.15. The lowest BCUT2D eigenvalue weighted by atomic mass is 10.0. The van der Waals surface area contributed by atoms with Gasteiger partial charge >= 0.3 is 0 Å². The Labute approximate surface area is 89.0 Å². The second-order valence-corrected chi connectivity index (χ2v) is 3.35. The van der Waals surface area contributed by atoms with Crippen LogP contribution in [0.5, 0.6) is 5.75 Å². The third-order valence-electron chi connectivity index (χ3n) is 2.44. The van der Waals surface area contributed by atoms with Crippen molar-refractivity contribution in [2.45, 2.75) is 19.1 Å². The smallest absolute Gasteiger partial charge is 0.131 e. The van der Waals surface area contributed by atoms with Crippen LogP contribution in [0.1, 0.15) is 18.5 Å². The molecule has 4 heteroatoms. The summed E-state index contributed by atoms with van der Waals surface area (Å²) in [5, 5.41) is 0. The molecule has 1 aromatic carbocycles. The van der Waals surface area contributed by atoms with Crippen molar-refractivity contribution in [2.24, 2.45) is 5.73 Å². The summed E-state index contributed by atoms with van der Waals surface area (Å²) in [5.74, 6) is 0.110. The summed E-state index contributed by atoms with van der Waals surface area (Å²) >= 11 is 0. The lowest BCUT2D eigenvalue weighted by Gasteiger charge is -2.19. The molecule has 0 amide bonds. The Morgan fingerprint density at radius 1 is 1.33 bits per heavy atom. The van der Waals surface area contributed by atoms with E-state index in [2.05, 4.69) is 0 Å². The SMILES string of the molecule is COc1ccc(C(N)C(C)OC)c(F)c1. The Bertz CT molecular complexity index is 330. The Kier molecular flexibility index (Phi) is 4.05. The van der Waals surface area contributed by atoms with E-state index in [1.165, 1.54) is 13.2 Å². The molecule has 0 saturated carbocycles. The number of hydrogen-bond acceptors (Lipinski definition) is 3. The van der Waals surface area contributed by atoms with Gasteiger partial charge in [-0.1, -0.05) is 6.07 Å². The van der Waals surface area contributed by atoms with Crippen molar-refractivity contribution in [3.8, 4) is 5.75 Å². The average molecular weight is 213 g/mol. The van der Waals surface area contributed by atoms with E-state index < -0.39 is 6.04 Å². The molecule has 0 aliphatic heterocycles. The van der Waals surface area contributed by atoms with E-state index >= 15 is 0 Å². The van der Waals surface area contributed by atoms with E-state index in [0.717, 1.165) is 0 Å². The number of hydrogen-bond donors (Lipinski definition) is 1. The highest BCUT2D eigenvalue weighted by Gasteiger charge is 2.18. The minimum Gasteiger partial charge on any atom is -0.497 e. The first-order chi connectivity index (χ1) is 7.10. The number of halogens is 1. The van der Waals surface area contributed by atoms with Gasteiger partial charge in [-0.3, -0.25) is 0 Å². The van der Waals surface area contributed by atoms with Crippen LogP contribution in [0, 0.1) is 5.82 Å². The Hall–Kier alpha value is -1.13. The molecule has 0 saturated heterocycles. The summed E-state index contributed by atoms with van der Waals surface area (Å²) in [4.78, 5) is 0. The topological polar surface area (TPSA) is 44.5 Å². The lowest BCUT2D eigenvalue weighted by Crippen LogP contribution is -2.26. The largest absolute Gasteiger partial charge is 0.497 e.